The molecule has 6 heteroatoms. The number of aliphatic hydroxyl groups excluding tert-OH is 2. The van der Waals surface area contributed by atoms with Crippen LogP contribution in [0.5, 0.6) is 5.75 Å². The standard InChI is InChI=1S/C30H38O5S/c1-19-14-26(24(29(2,3)4)16-21(19)18-31)36-27-25(33)17-30(35-28(27)34,22-9-5-6-10-22)13-12-20-8-7-11-23(32)15-20/h7-8,11,14-16,22,31-33H,5-6,9-10,12-13,17-18H2,1-4H3/t30-/m1/s1. The predicted molar refractivity (Wildman–Crippen MR) is 143 cm³/mol. The van der Waals surface area contributed by atoms with Crippen molar-refractivity contribution >= 4 is 17.7 Å². The summed E-state index contributed by atoms with van der Waals surface area (Å²) in [7, 11) is 0. The SMILES string of the molecule is Cc1cc(SC2=C(O)C[C@](CCc3cccc(O)c3)(C3CCCC3)OC2=O)c(C(C)(C)C)cc1CO. The smallest absolute Gasteiger partial charge is 0.349 e. The van der Waals surface area contributed by atoms with Crippen molar-refractivity contribution in [3.8, 4) is 5.75 Å². The molecule has 2 aromatic rings. The Kier molecular flexibility index (Phi) is 7.77. The summed E-state index contributed by atoms with van der Waals surface area (Å²) in [5.74, 6) is 0.0726. The molecule has 2 aliphatic rings. The second-order valence-corrected chi connectivity index (χ2v) is 12.4. The van der Waals surface area contributed by atoms with Crippen LogP contribution in [-0.2, 0) is 28.0 Å². The minimum atomic E-state index is -0.739. The minimum absolute atomic E-state index is 0.0427. The minimum Gasteiger partial charge on any atom is -0.511 e. The van der Waals surface area contributed by atoms with Crippen molar-refractivity contribution in [2.45, 2.75) is 95.2 Å². The van der Waals surface area contributed by atoms with Crippen molar-refractivity contribution in [3.63, 3.8) is 0 Å². The van der Waals surface area contributed by atoms with Gasteiger partial charge in [-0.1, -0.05) is 63.6 Å². The van der Waals surface area contributed by atoms with E-state index in [1.807, 2.05) is 31.2 Å². The van der Waals surface area contributed by atoms with Crippen LogP contribution in [0, 0.1) is 12.8 Å². The third-order valence-corrected chi connectivity index (χ3v) is 8.85. The second-order valence-electron chi connectivity index (χ2n) is 11.3. The number of benzene rings is 2. The molecule has 0 bridgehead atoms. The van der Waals surface area contributed by atoms with Gasteiger partial charge < -0.3 is 20.1 Å². The number of cyclic esters (lactones) is 1. The Bertz CT molecular complexity index is 1160. The molecule has 36 heavy (non-hydrogen) atoms. The molecule has 0 amide bonds. The van der Waals surface area contributed by atoms with Crippen molar-refractivity contribution < 1.29 is 24.9 Å². The highest BCUT2D eigenvalue weighted by Gasteiger charge is 2.48. The van der Waals surface area contributed by atoms with Gasteiger partial charge in [0.2, 0.25) is 0 Å². The van der Waals surface area contributed by atoms with E-state index in [4.69, 9.17) is 4.74 Å². The molecule has 1 saturated carbocycles. The third-order valence-electron chi connectivity index (χ3n) is 7.69. The first kappa shape index (κ1) is 26.6. The van der Waals surface area contributed by atoms with Gasteiger partial charge >= 0.3 is 5.97 Å². The molecule has 1 aliphatic heterocycles. The summed E-state index contributed by atoms with van der Waals surface area (Å²) < 4.78 is 6.29. The van der Waals surface area contributed by atoms with E-state index in [2.05, 4.69) is 20.8 Å². The zero-order valence-corrected chi connectivity index (χ0v) is 22.6. The Morgan fingerprint density at radius 3 is 2.44 bits per heavy atom. The topological polar surface area (TPSA) is 87.0 Å². The molecule has 194 valence electrons. The lowest BCUT2D eigenvalue weighted by molar-refractivity contribution is -0.166. The van der Waals surface area contributed by atoms with Gasteiger partial charge in [-0.05, 0) is 84.4 Å². The van der Waals surface area contributed by atoms with Gasteiger partial charge in [0, 0.05) is 11.3 Å². The van der Waals surface area contributed by atoms with Gasteiger partial charge in [0.05, 0.1) is 6.61 Å². The van der Waals surface area contributed by atoms with Crippen molar-refractivity contribution in [1.82, 2.24) is 0 Å². The second kappa shape index (κ2) is 10.5. The van der Waals surface area contributed by atoms with Gasteiger partial charge in [0.15, 0.2) is 0 Å². The Morgan fingerprint density at radius 2 is 1.83 bits per heavy atom. The van der Waals surface area contributed by atoms with Gasteiger partial charge in [-0.25, -0.2) is 4.79 Å². The van der Waals surface area contributed by atoms with Crippen LogP contribution in [0.15, 0.2) is 52.0 Å². The number of hydrogen-bond acceptors (Lipinski definition) is 6. The number of esters is 1. The number of ether oxygens (including phenoxy) is 1. The molecule has 1 heterocycles. The van der Waals surface area contributed by atoms with Gasteiger partial charge in [0.1, 0.15) is 22.0 Å². The molecule has 0 spiro atoms. The van der Waals surface area contributed by atoms with E-state index in [0.717, 1.165) is 52.8 Å². The van der Waals surface area contributed by atoms with E-state index < -0.39 is 11.6 Å². The molecule has 3 N–H and O–H groups in total. The maximum atomic E-state index is 13.5. The van der Waals surface area contributed by atoms with Gasteiger partial charge in [-0.15, -0.1) is 0 Å². The van der Waals surface area contributed by atoms with Crippen molar-refractivity contribution in [2.75, 3.05) is 0 Å². The molecule has 1 fully saturated rings. The number of aliphatic hydroxyl groups is 2. The first-order chi connectivity index (χ1) is 17.0. The van der Waals surface area contributed by atoms with Crippen LogP contribution in [0.4, 0.5) is 0 Å². The first-order valence-electron chi connectivity index (χ1n) is 12.9. The predicted octanol–water partition coefficient (Wildman–Crippen LogP) is 6.86. The lowest BCUT2D eigenvalue weighted by atomic mass is 9.77. The fraction of sp³-hybridized carbons (Fsp3) is 0.500. The summed E-state index contributed by atoms with van der Waals surface area (Å²) in [5, 5.41) is 30.9. The van der Waals surface area contributed by atoms with E-state index in [1.165, 1.54) is 11.8 Å². The van der Waals surface area contributed by atoms with E-state index in [1.54, 1.807) is 12.1 Å². The molecule has 0 saturated heterocycles. The molecule has 0 radical (unpaired) electrons. The lowest BCUT2D eigenvalue weighted by Gasteiger charge is -2.41. The molecule has 0 aromatic heterocycles. The molecule has 0 unspecified atom stereocenters. The van der Waals surface area contributed by atoms with Crippen LogP contribution in [0.25, 0.3) is 0 Å². The van der Waals surface area contributed by atoms with E-state index in [0.29, 0.717) is 19.3 Å². The number of carbonyl (C=O) groups excluding carboxylic acids is 1. The number of phenols is 1. The maximum absolute atomic E-state index is 13.5. The summed E-state index contributed by atoms with van der Waals surface area (Å²) in [6.45, 7) is 8.20. The summed E-state index contributed by atoms with van der Waals surface area (Å²) in [6.07, 6.45) is 5.75. The fourth-order valence-corrected chi connectivity index (χ4v) is 6.86. The lowest BCUT2D eigenvalue weighted by Crippen LogP contribution is -2.45. The van der Waals surface area contributed by atoms with Crippen LogP contribution in [0.1, 0.15) is 81.5 Å². The highest BCUT2D eigenvalue weighted by Crippen LogP contribution is 2.49. The molecular weight excluding hydrogens is 472 g/mol. The summed E-state index contributed by atoms with van der Waals surface area (Å²) >= 11 is 1.27. The summed E-state index contributed by atoms with van der Waals surface area (Å²) in [6, 6.07) is 11.2. The largest absolute Gasteiger partial charge is 0.511 e. The monoisotopic (exact) mass is 510 g/mol. The van der Waals surface area contributed by atoms with Gasteiger partial charge in [0.25, 0.3) is 0 Å². The normalized spacial score (nSPS) is 21.2. The molecular formula is C30H38O5S. The molecule has 1 aliphatic carbocycles. The zero-order valence-electron chi connectivity index (χ0n) is 21.8. The summed E-state index contributed by atoms with van der Waals surface area (Å²) in [4.78, 5) is 14.6. The molecule has 4 rings (SSSR count). The highest BCUT2D eigenvalue weighted by molar-refractivity contribution is 8.04. The Balaban J connectivity index is 1.65. The van der Waals surface area contributed by atoms with Crippen molar-refractivity contribution in [1.29, 1.82) is 0 Å². The van der Waals surface area contributed by atoms with Gasteiger partial charge in [-0.3, -0.25) is 0 Å². The number of carbonyl (C=O) groups is 1. The maximum Gasteiger partial charge on any atom is 0.349 e. The average Bonchev–Trinajstić information content (AvgIpc) is 3.35. The molecule has 1 atom stereocenters. The van der Waals surface area contributed by atoms with Crippen LogP contribution >= 0.6 is 11.8 Å². The van der Waals surface area contributed by atoms with E-state index in [9.17, 15) is 20.1 Å². The summed E-state index contributed by atoms with van der Waals surface area (Å²) in [5.41, 5.74) is 2.87. The molecule has 5 nitrogen and oxygen atoms in total. The number of rotatable bonds is 7. The number of thioether (sulfide) groups is 1. The first-order valence-corrected chi connectivity index (χ1v) is 13.7. The van der Waals surface area contributed by atoms with Gasteiger partial charge in [-0.2, -0.15) is 0 Å². The quantitative estimate of drug-likeness (QED) is 0.353. The van der Waals surface area contributed by atoms with Crippen molar-refractivity contribution in [2.24, 2.45) is 5.92 Å². The van der Waals surface area contributed by atoms with Crippen LogP contribution in [0.3, 0.4) is 0 Å². The van der Waals surface area contributed by atoms with Crippen LogP contribution < -0.4 is 0 Å². The third kappa shape index (κ3) is 5.60. The zero-order chi connectivity index (χ0) is 26.1. The number of aromatic hydroxyl groups is 1. The van der Waals surface area contributed by atoms with Crippen LogP contribution in [0.2, 0.25) is 0 Å². The number of aryl methyl sites for hydroxylation is 2. The number of phenolic OH excluding ortho intramolecular Hbond substituents is 1. The fourth-order valence-electron chi connectivity index (χ4n) is 5.62. The Hall–Kier alpha value is -2.44. The Morgan fingerprint density at radius 1 is 1.11 bits per heavy atom. The average molecular weight is 511 g/mol. The highest BCUT2D eigenvalue weighted by atomic mass is 32.2. The van der Waals surface area contributed by atoms with E-state index in [-0.39, 0.29) is 34.4 Å². The Labute approximate surface area is 218 Å². The number of hydrogen-bond donors (Lipinski definition) is 3. The molecule has 2 aromatic carbocycles. The van der Waals surface area contributed by atoms with Crippen LogP contribution in [-0.4, -0.2) is 26.9 Å². The van der Waals surface area contributed by atoms with Crippen molar-refractivity contribution in [3.05, 3.63) is 69.3 Å². The van der Waals surface area contributed by atoms with E-state index >= 15 is 0 Å².